The number of methoxy groups -OCH3 is 1. The second kappa shape index (κ2) is 7.68. The van der Waals surface area contributed by atoms with E-state index in [4.69, 9.17) is 9.73 Å². The van der Waals surface area contributed by atoms with Crippen molar-refractivity contribution in [3.8, 4) is 5.75 Å². The minimum Gasteiger partial charge on any atom is -0.507 e. The van der Waals surface area contributed by atoms with Crippen molar-refractivity contribution >= 4 is 28.3 Å². The van der Waals surface area contributed by atoms with E-state index in [0.717, 1.165) is 52.7 Å². The van der Waals surface area contributed by atoms with Gasteiger partial charge in [0, 0.05) is 10.9 Å². The summed E-state index contributed by atoms with van der Waals surface area (Å²) in [6.07, 6.45) is 8.19. The molecule has 1 heterocycles. The molecule has 6 nitrogen and oxygen atoms in total. The number of carbonyl (C=O) groups excluding carboxylic acids is 1. The summed E-state index contributed by atoms with van der Waals surface area (Å²) in [4.78, 5) is 16.9. The number of aromatic nitrogens is 2. The van der Waals surface area contributed by atoms with Gasteiger partial charge in [0.1, 0.15) is 11.3 Å². The number of esters is 1. The largest absolute Gasteiger partial charge is 0.507 e. The van der Waals surface area contributed by atoms with Crippen LogP contribution >= 0.6 is 0 Å². The highest BCUT2D eigenvalue weighted by Gasteiger charge is 2.18. The van der Waals surface area contributed by atoms with Gasteiger partial charge >= 0.3 is 5.97 Å². The lowest BCUT2D eigenvalue weighted by atomic mass is 9.91. The number of benzene rings is 2. The number of carbonyl (C=O) groups is 1. The van der Waals surface area contributed by atoms with Crippen molar-refractivity contribution in [1.29, 1.82) is 0 Å². The first kappa shape index (κ1) is 18.0. The van der Waals surface area contributed by atoms with Crippen LogP contribution in [0.15, 0.2) is 59.2 Å². The van der Waals surface area contributed by atoms with E-state index < -0.39 is 5.97 Å². The summed E-state index contributed by atoms with van der Waals surface area (Å²) in [5, 5.41) is 18.0. The predicted octanol–water partition coefficient (Wildman–Crippen LogP) is 4.68. The Kier molecular flexibility index (Phi) is 4.93. The number of nitrogens with zero attached hydrogens (tertiary/aromatic N) is 2. The van der Waals surface area contributed by atoms with Gasteiger partial charge in [-0.2, -0.15) is 5.10 Å². The zero-order valence-electron chi connectivity index (χ0n) is 15.6. The molecule has 0 saturated carbocycles. The first-order chi connectivity index (χ1) is 13.7. The van der Waals surface area contributed by atoms with Crippen molar-refractivity contribution in [2.24, 2.45) is 4.99 Å². The van der Waals surface area contributed by atoms with Crippen molar-refractivity contribution in [2.75, 3.05) is 7.11 Å². The van der Waals surface area contributed by atoms with Gasteiger partial charge in [0.15, 0.2) is 0 Å². The van der Waals surface area contributed by atoms with Crippen LogP contribution in [-0.2, 0) is 4.74 Å². The Morgan fingerprint density at radius 2 is 2.11 bits per heavy atom. The van der Waals surface area contributed by atoms with Gasteiger partial charge < -0.3 is 9.84 Å². The molecule has 0 atom stereocenters. The highest BCUT2D eigenvalue weighted by Crippen LogP contribution is 2.28. The Bertz CT molecular complexity index is 1100. The van der Waals surface area contributed by atoms with Gasteiger partial charge in [0.25, 0.3) is 0 Å². The fourth-order valence-electron chi connectivity index (χ4n) is 3.46. The Morgan fingerprint density at radius 1 is 1.21 bits per heavy atom. The van der Waals surface area contributed by atoms with Crippen LogP contribution < -0.4 is 0 Å². The maximum absolute atomic E-state index is 12.0. The summed E-state index contributed by atoms with van der Waals surface area (Å²) < 4.78 is 4.79. The van der Waals surface area contributed by atoms with Crippen LogP contribution in [0, 0.1) is 0 Å². The van der Waals surface area contributed by atoms with E-state index in [2.05, 4.69) is 16.3 Å². The smallest absolute Gasteiger partial charge is 0.341 e. The van der Waals surface area contributed by atoms with Crippen molar-refractivity contribution in [2.45, 2.75) is 25.7 Å². The van der Waals surface area contributed by atoms with Gasteiger partial charge in [0.2, 0.25) is 0 Å². The molecule has 0 amide bonds. The minimum atomic E-state index is -0.573. The molecule has 0 bridgehead atoms. The second-order valence-electron chi connectivity index (χ2n) is 6.80. The highest BCUT2D eigenvalue weighted by molar-refractivity contribution is 6.14. The van der Waals surface area contributed by atoms with Gasteiger partial charge in [-0.3, -0.25) is 5.10 Å². The standard InChI is InChI=1S/C22H21N3O3/c1-28-22(27)18-12-15(7-10-20(18)26)21(14-5-3-2-4-6-14)24-17-8-9-19-16(11-17)13-23-25-19/h5,7-13,26H,2-4,6H2,1H3,(H,23,25). The fraction of sp³-hybridized carbons (Fsp3) is 0.227. The van der Waals surface area contributed by atoms with Crippen LogP contribution in [0.3, 0.4) is 0 Å². The summed E-state index contributed by atoms with van der Waals surface area (Å²) in [6.45, 7) is 0. The molecular weight excluding hydrogens is 354 g/mol. The minimum absolute atomic E-state index is 0.104. The summed E-state index contributed by atoms with van der Waals surface area (Å²) in [5.41, 5.74) is 4.64. The maximum Gasteiger partial charge on any atom is 0.341 e. The molecule has 0 saturated heterocycles. The quantitative estimate of drug-likeness (QED) is 0.512. The van der Waals surface area contributed by atoms with Crippen LogP contribution in [-0.4, -0.2) is 34.1 Å². The van der Waals surface area contributed by atoms with Gasteiger partial charge in [-0.05, 0) is 67.7 Å². The first-order valence-corrected chi connectivity index (χ1v) is 9.28. The van der Waals surface area contributed by atoms with E-state index in [1.807, 2.05) is 18.2 Å². The lowest BCUT2D eigenvalue weighted by Crippen LogP contribution is -2.10. The maximum atomic E-state index is 12.0. The molecular formula is C22H21N3O3. The number of aromatic hydroxyl groups is 1. The van der Waals surface area contributed by atoms with Gasteiger partial charge in [-0.25, -0.2) is 9.79 Å². The van der Waals surface area contributed by atoms with E-state index in [0.29, 0.717) is 0 Å². The van der Waals surface area contributed by atoms with E-state index >= 15 is 0 Å². The third-order valence-corrected chi connectivity index (χ3v) is 4.94. The number of hydrogen-bond acceptors (Lipinski definition) is 5. The number of ether oxygens (including phenoxy) is 1. The molecule has 6 heteroatoms. The van der Waals surface area contributed by atoms with Crippen LogP contribution in [0.5, 0.6) is 5.75 Å². The summed E-state index contributed by atoms with van der Waals surface area (Å²) in [5.74, 6) is -0.677. The van der Waals surface area contributed by atoms with Crippen LogP contribution in [0.25, 0.3) is 10.9 Å². The van der Waals surface area contributed by atoms with Crippen LogP contribution in [0.4, 0.5) is 5.69 Å². The normalized spacial score (nSPS) is 14.8. The Morgan fingerprint density at radius 3 is 2.89 bits per heavy atom. The third-order valence-electron chi connectivity index (χ3n) is 4.94. The number of nitrogens with one attached hydrogen (secondary N) is 1. The second-order valence-corrected chi connectivity index (χ2v) is 6.80. The van der Waals surface area contributed by atoms with Crippen molar-refractivity contribution in [1.82, 2.24) is 10.2 Å². The SMILES string of the molecule is COC(=O)c1cc(C(=Nc2ccc3[nH]ncc3c2)C2=CCCCC2)ccc1O. The van der Waals surface area contributed by atoms with Gasteiger partial charge in [-0.1, -0.05) is 6.08 Å². The Hall–Kier alpha value is -3.41. The van der Waals surface area contributed by atoms with Gasteiger partial charge in [-0.15, -0.1) is 0 Å². The number of hydrogen-bond donors (Lipinski definition) is 2. The molecule has 2 N–H and O–H groups in total. The summed E-state index contributed by atoms with van der Waals surface area (Å²) in [7, 11) is 1.30. The molecule has 2 aromatic carbocycles. The number of phenolic OH excluding ortho intramolecular Hbond substituents is 1. The molecule has 1 aromatic heterocycles. The summed E-state index contributed by atoms with van der Waals surface area (Å²) in [6, 6.07) is 10.8. The predicted molar refractivity (Wildman–Crippen MR) is 108 cm³/mol. The van der Waals surface area contributed by atoms with E-state index in [1.54, 1.807) is 18.3 Å². The molecule has 1 aliphatic carbocycles. The zero-order chi connectivity index (χ0) is 19.5. The fourth-order valence-corrected chi connectivity index (χ4v) is 3.46. The Labute approximate surface area is 162 Å². The molecule has 0 unspecified atom stereocenters. The zero-order valence-corrected chi connectivity index (χ0v) is 15.6. The molecule has 0 fully saturated rings. The van der Waals surface area contributed by atoms with E-state index in [9.17, 15) is 9.90 Å². The number of fused-ring (bicyclic) bond motifs is 1. The van der Waals surface area contributed by atoms with Crippen molar-refractivity contribution in [3.05, 3.63) is 65.4 Å². The number of aliphatic imine (C=N–C) groups is 1. The number of allylic oxidation sites excluding steroid dienone is 2. The highest BCUT2D eigenvalue weighted by atomic mass is 16.5. The molecule has 4 rings (SSSR count). The number of rotatable bonds is 4. The molecule has 28 heavy (non-hydrogen) atoms. The van der Waals surface area contributed by atoms with Crippen molar-refractivity contribution < 1.29 is 14.6 Å². The number of H-pyrrole nitrogens is 1. The first-order valence-electron chi connectivity index (χ1n) is 9.28. The van der Waals surface area contributed by atoms with E-state index in [1.165, 1.54) is 19.6 Å². The lowest BCUT2D eigenvalue weighted by molar-refractivity contribution is 0.0597. The average Bonchev–Trinajstić information content (AvgIpc) is 3.20. The molecule has 3 aromatic rings. The average molecular weight is 375 g/mol. The number of phenols is 1. The van der Waals surface area contributed by atoms with Crippen molar-refractivity contribution in [3.63, 3.8) is 0 Å². The molecule has 0 spiro atoms. The molecule has 0 radical (unpaired) electrons. The van der Waals surface area contributed by atoms with Gasteiger partial charge in [0.05, 0.1) is 30.2 Å². The topological polar surface area (TPSA) is 87.6 Å². The van der Waals surface area contributed by atoms with Crippen LogP contribution in [0.1, 0.15) is 41.6 Å². The lowest BCUT2D eigenvalue weighted by Gasteiger charge is -2.16. The Balaban J connectivity index is 1.84. The van der Waals surface area contributed by atoms with E-state index in [-0.39, 0.29) is 11.3 Å². The third kappa shape index (κ3) is 3.53. The molecule has 0 aliphatic heterocycles. The van der Waals surface area contributed by atoms with Crippen LogP contribution in [0.2, 0.25) is 0 Å². The molecule has 142 valence electrons. The summed E-state index contributed by atoms with van der Waals surface area (Å²) >= 11 is 0. The number of aromatic amines is 1. The molecule has 1 aliphatic rings. The monoisotopic (exact) mass is 375 g/mol.